The van der Waals surface area contributed by atoms with E-state index in [9.17, 15) is 14.9 Å². The monoisotopic (exact) mass is 241 g/mol. The predicted molar refractivity (Wildman–Crippen MR) is 59.3 cm³/mol. The zero-order chi connectivity index (χ0) is 12.3. The number of aliphatic carboxylic acids is 1. The van der Waals surface area contributed by atoms with Crippen LogP contribution in [0.25, 0.3) is 5.03 Å². The lowest BCUT2D eigenvalue weighted by Crippen LogP contribution is -1.94. The predicted octanol–water partition coefficient (Wildman–Crippen LogP) is 2.57. The molecule has 0 aliphatic rings. The minimum absolute atomic E-state index is 0.0457. The van der Waals surface area contributed by atoms with Gasteiger partial charge in [0.2, 0.25) is 0 Å². The van der Waals surface area contributed by atoms with Crippen molar-refractivity contribution in [2.45, 2.75) is 6.92 Å². The van der Waals surface area contributed by atoms with Gasteiger partial charge in [0.25, 0.3) is 5.69 Å². The molecule has 1 aromatic carbocycles. The first-order valence-corrected chi connectivity index (χ1v) is 4.65. The average Bonchev–Trinajstić information content (AvgIpc) is 2.16. The van der Waals surface area contributed by atoms with Crippen molar-refractivity contribution in [3.05, 3.63) is 45.5 Å². The van der Waals surface area contributed by atoms with Gasteiger partial charge in [0, 0.05) is 23.3 Å². The number of benzene rings is 1. The van der Waals surface area contributed by atoms with Crippen LogP contribution in [0.4, 0.5) is 5.69 Å². The molecule has 0 atom stereocenters. The van der Waals surface area contributed by atoms with E-state index in [4.69, 9.17) is 16.7 Å². The minimum atomic E-state index is -1.20. The number of rotatable bonds is 3. The van der Waals surface area contributed by atoms with Gasteiger partial charge in [-0.15, -0.1) is 0 Å². The molecule has 0 fully saturated rings. The molecule has 6 heteroatoms. The van der Waals surface area contributed by atoms with E-state index < -0.39 is 10.9 Å². The molecule has 0 saturated heterocycles. The van der Waals surface area contributed by atoms with Gasteiger partial charge in [-0.1, -0.05) is 23.7 Å². The van der Waals surface area contributed by atoms with Crippen LogP contribution in [0.15, 0.2) is 24.3 Å². The molecule has 0 spiro atoms. The molecule has 0 radical (unpaired) electrons. The Morgan fingerprint density at radius 3 is 2.69 bits per heavy atom. The lowest BCUT2D eigenvalue weighted by atomic mass is 10.1. The average molecular weight is 242 g/mol. The maximum absolute atomic E-state index is 10.6. The zero-order valence-corrected chi connectivity index (χ0v) is 9.06. The van der Waals surface area contributed by atoms with Crippen molar-refractivity contribution in [1.82, 2.24) is 0 Å². The lowest BCUT2D eigenvalue weighted by molar-refractivity contribution is -0.385. The van der Waals surface area contributed by atoms with Crippen LogP contribution in [-0.4, -0.2) is 16.0 Å². The Hall–Kier alpha value is -1.88. The molecule has 0 heterocycles. The van der Waals surface area contributed by atoms with E-state index in [2.05, 4.69) is 0 Å². The van der Waals surface area contributed by atoms with Crippen molar-refractivity contribution in [3.63, 3.8) is 0 Å². The standard InChI is InChI=1S/C10H8ClNO4/c1-6-2-3-7(4-9(6)12(15)16)8(11)5-10(13)14/h2-5H,1H3,(H,13,14)/b8-5-. The van der Waals surface area contributed by atoms with Crippen molar-refractivity contribution in [2.75, 3.05) is 0 Å². The van der Waals surface area contributed by atoms with Crippen LogP contribution in [0, 0.1) is 17.0 Å². The number of nitro benzene ring substituents is 1. The van der Waals surface area contributed by atoms with E-state index in [0.717, 1.165) is 6.08 Å². The molecule has 1 aromatic rings. The molecule has 0 amide bonds. The molecule has 0 unspecified atom stereocenters. The molecule has 0 aromatic heterocycles. The number of nitro groups is 1. The van der Waals surface area contributed by atoms with Crippen LogP contribution in [-0.2, 0) is 4.79 Å². The maximum atomic E-state index is 10.6. The highest BCUT2D eigenvalue weighted by Gasteiger charge is 2.12. The van der Waals surface area contributed by atoms with E-state index in [-0.39, 0.29) is 10.7 Å². The highest BCUT2D eigenvalue weighted by Crippen LogP contribution is 2.25. The van der Waals surface area contributed by atoms with Crippen LogP contribution in [0.2, 0.25) is 0 Å². The van der Waals surface area contributed by atoms with Crippen molar-refractivity contribution >= 4 is 28.3 Å². The molecule has 1 N–H and O–H groups in total. The maximum Gasteiger partial charge on any atom is 0.329 e. The summed E-state index contributed by atoms with van der Waals surface area (Å²) in [4.78, 5) is 20.5. The fourth-order valence-electron chi connectivity index (χ4n) is 1.15. The summed E-state index contributed by atoms with van der Waals surface area (Å²) in [5.41, 5.74) is 0.712. The summed E-state index contributed by atoms with van der Waals surface area (Å²) in [5.74, 6) is -1.20. The van der Waals surface area contributed by atoms with Gasteiger partial charge in [-0.25, -0.2) is 4.79 Å². The third kappa shape index (κ3) is 2.80. The second kappa shape index (κ2) is 4.76. The van der Waals surface area contributed by atoms with Crippen molar-refractivity contribution in [3.8, 4) is 0 Å². The topological polar surface area (TPSA) is 80.4 Å². The number of carbonyl (C=O) groups is 1. The van der Waals surface area contributed by atoms with Gasteiger partial charge in [-0.3, -0.25) is 10.1 Å². The van der Waals surface area contributed by atoms with Crippen molar-refractivity contribution < 1.29 is 14.8 Å². The molecule has 0 aliphatic heterocycles. The van der Waals surface area contributed by atoms with Crippen molar-refractivity contribution in [1.29, 1.82) is 0 Å². The fraction of sp³-hybridized carbons (Fsp3) is 0.100. The first-order valence-electron chi connectivity index (χ1n) is 4.27. The fourth-order valence-corrected chi connectivity index (χ4v) is 1.36. The lowest BCUT2D eigenvalue weighted by Gasteiger charge is -2.01. The second-order valence-corrected chi connectivity index (χ2v) is 3.50. The van der Waals surface area contributed by atoms with Gasteiger partial charge >= 0.3 is 5.97 Å². The Morgan fingerprint density at radius 2 is 2.19 bits per heavy atom. The Labute approximate surface area is 96.1 Å². The zero-order valence-electron chi connectivity index (χ0n) is 8.31. The number of hydrogen-bond acceptors (Lipinski definition) is 3. The summed E-state index contributed by atoms with van der Waals surface area (Å²) in [7, 11) is 0. The summed E-state index contributed by atoms with van der Waals surface area (Å²) in [6.07, 6.45) is 0.788. The van der Waals surface area contributed by atoms with Crippen LogP contribution < -0.4 is 0 Å². The molecule has 1 rings (SSSR count). The number of hydrogen-bond donors (Lipinski definition) is 1. The molecule has 16 heavy (non-hydrogen) atoms. The molecule has 0 saturated carbocycles. The van der Waals surface area contributed by atoms with Crippen molar-refractivity contribution in [2.24, 2.45) is 0 Å². The third-order valence-corrected chi connectivity index (χ3v) is 2.26. The normalized spacial score (nSPS) is 11.2. The third-order valence-electron chi connectivity index (χ3n) is 1.93. The summed E-state index contributed by atoms with van der Waals surface area (Å²) < 4.78 is 0. The number of carboxylic acid groups (broad SMARTS) is 1. The highest BCUT2D eigenvalue weighted by atomic mass is 35.5. The van der Waals surface area contributed by atoms with Gasteiger partial charge in [-0.2, -0.15) is 0 Å². The summed E-state index contributed by atoms with van der Waals surface area (Å²) in [5, 5.41) is 19.1. The van der Waals surface area contributed by atoms with Gasteiger partial charge in [0.1, 0.15) is 0 Å². The largest absolute Gasteiger partial charge is 0.478 e. The minimum Gasteiger partial charge on any atom is -0.478 e. The number of nitrogens with zero attached hydrogens (tertiary/aromatic N) is 1. The number of halogens is 1. The van der Waals surface area contributed by atoms with Crippen LogP contribution in [0.1, 0.15) is 11.1 Å². The van der Waals surface area contributed by atoms with E-state index in [0.29, 0.717) is 11.1 Å². The Morgan fingerprint density at radius 1 is 1.56 bits per heavy atom. The van der Waals surface area contributed by atoms with Gasteiger partial charge in [0.15, 0.2) is 0 Å². The molecular weight excluding hydrogens is 234 g/mol. The van der Waals surface area contributed by atoms with E-state index in [1.165, 1.54) is 18.2 Å². The van der Waals surface area contributed by atoms with E-state index >= 15 is 0 Å². The second-order valence-electron chi connectivity index (χ2n) is 3.09. The summed E-state index contributed by atoms with van der Waals surface area (Å²) in [6.45, 7) is 1.59. The smallest absolute Gasteiger partial charge is 0.329 e. The Bertz CT molecular complexity index is 482. The van der Waals surface area contributed by atoms with Gasteiger partial charge in [-0.05, 0) is 6.92 Å². The molecule has 0 bridgehead atoms. The number of carboxylic acids is 1. The van der Waals surface area contributed by atoms with Crippen LogP contribution in [0.5, 0.6) is 0 Å². The molecule has 84 valence electrons. The first kappa shape index (κ1) is 12.2. The highest BCUT2D eigenvalue weighted by molar-refractivity contribution is 6.50. The Balaban J connectivity index is 3.23. The summed E-state index contributed by atoms with van der Waals surface area (Å²) in [6, 6.07) is 4.30. The van der Waals surface area contributed by atoms with Crippen LogP contribution in [0.3, 0.4) is 0 Å². The first-order chi connectivity index (χ1) is 7.41. The SMILES string of the molecule is Cc1ccc(/C(Cl)=C/C(=O)O)cc1[N+](=O)[O-]. The van der Waals surface area contributed by atoms with E-state index in [1.807, 2.05) is 0 Å². The van der Waals surface area contributed by atoms with Gasteiger partial charge in [0.05, 0.1) is 9.96 Å². The van der Waals surface area contributed by atoms with Crippen LogP contribution >= 0.6 is 11.6 Å². The van der Waals surface area contributed by atoms with E-state index in [1.54, 1.807) is 6.92 Å². The molecule has 5 nitrogen and oxygen atoms in total. The summed E-state index contributed by atoms with van der Waals surface area (Å²) >= 11 is 5.69. The molecular formula is C10H8ClNO4. The Kier molecular flexibility index (Phi) is 3.63. The number of aryl methyl sites for hydroxylation is 1. The molecule has 0 aliphatic carbocycles. The quantitative estimate of drug-likeness (QED) is 0.501. The van der Waals surface area contributed by atoms with Gasteiger partial charge < -0.3 is 5.11 Å².